The van der Waals surface area contributed by atoms with Gasteiger partial charge in [0.1, 0.15) is 12.4 Å². The number of hydrogen-bond acceptors (Lipinski definition) is 4. The van der Waals surface area contributed by atoms with Gasteiger partial charge < -0.3 is 20.3 Å². The minimum Gasteiger partial charge on any atom is -0.508 e. The van der Waals surface area contributed by atoms with Crippen LogP contribution in [0.15, 0.2) is 24.3 Å². The van der Waals surface area contributed by atoms with Gasteiger partial charge in [0.15, 0.2) is 0 Å². The van der Waals surface area contributed by atoms with E-state index in [1.54, 1.807) is 24.3 Å². The highest BCUT2D eigenvalue weighted by Gasteiger charge is 1.95. The molecule has 1 amide bonds. The first-order valence-electron chi connectivity index (χ1n) is 4.46. The predicted octanol–water partition coefficient (Wildman–Crippen LogP) is 1.00. The fourth-order valence-electron chi connectivity index (χ4n) is 0.983. The molecule has 1 rings (SSSR count). The molecule has 0 atom stereocenters. The number of benzene rings is 1. The van der Waals surface area contributed by atoms with E-state index in [1.807, 2.05) is 0 Å². The van der Waals surface area contributed by atoms with Gasteiger partial charge in [-0.05, 0) is 17.7 Å². The fourth-order valence-corrected chi connectivity index (χ4v) is 0.983. The molecular formula is C10H13NO4. The van der Waals surface area contributed by atoms with Gasteiger partial charge in [-0.15, -0.1) is 0 Å². The number of hydrogen-bond donors (Lipinski definition) is 2. The first-order chi connectivity index (χ1) is 7.18. The standard InChI is InChI=1S/C10H13NO4/c11-10(13)15-6-5-14-7-8-1-3-9(12)4-2-8/h1-4,12H,5-7H2,(H2,11,13). The Morgan fingerprint density at radius 1 is 1.27 bits per heavy atom. The molecule has 1 aromatic rings. The van der Waals surface area contributed by atoms with Crippen LogP contribution in [-0.2, 0) is 16.1 Å². The van der Waals surface area contributed by atoms with E-state index < -0.39 is 6.09 Å². The predicted molar refractivity (Wildman–Crippen MR) is 53.3 cm³/mol. The van der Waals surface area contributed by atoms with Crippen molar-refractivity contribution >= 4 is 6.09 Å². The van der Waals surface area contributed by atoms with Crippen molar-refractivity contribution in [2.45, 2.75) is 6.61 Å². The van der Waals surface area contributed by atoms with Crippen molar-refractivity contribution < 1.29 is 19.4 Å². The number of primary amides is 1. The Kier molecular flexibility index (Phi) is 4.43. The molecule has 0 saturated carbocycles. The third-order valence-corrected chi connectivity index (χ3v) is 1.68. The number of amides is 1. The van der Waals surface area contributed by atoms with E-state index in [4.69, 9.17) is 15.6 Å². The zero-order valence-electron chi connectivity index (χ0n) is 8.18. The van der Waals surface area contributed by atoms with Gasteiger partial charge in [-0.3, -0.25) is 0 Å². The second kappa shape index (κ2) is 5.87. The highest BCUT2D eigenvalue weighted by Crippen LogP contribution is 2.10. The number of ether oxygens (including phenoxy) is 2. The van der Waals surface area contributed by atoms with Gasteiger partial charge in [0.25, 0.3) is 0 Å². The van der Waals surface area contributed by atoms with E-state index in [9.17, 15) is 4.79 Å². The van der Waals surface area contributed by atoms with E-state index in [0.717, 1.165) is 5.56 Å². The van der Waals surface area contributed by atoms with Crippen LogP contribution in [0.1, 0.15) is 5.56 Å². The van der Waals surface area contributed by atoms with E-state index in [0.29, 0.717) is 13.2 Å². The summed E-state index contributed by atoms with van der Waals surface area (Å²) in [6, 6.07) is 6.67. The molecule has 0 spiro atoms. The van der Waals surface area contributed by atoms with Crippen LogP contribution < -0.4 is 5.73 Å². The van der Waals surface area contributed by atoms with Gasteiger partial charge in [-0.25, -0.2) is 4.79 Å². The fraction of sp³-hybridized carbons (Fsp3) is 0.300. The van der Waals surface area contributed by atoms with E-state index in [1.165, 1.54) is 0 Å². The molecule has 3 N–H and O–H groups in total. The smallest absolute Gasteiger partial charge is 0.404 e. The molecule has 0 aliphatic heterocycles. The molecule has 5 nitrogen and oxygen atoms in total. The molecule has 0 aliphatic rings. The monoisotopic (exact) mass is 211 g/mol. The number of aromatic hydroxyl groups is 1. The third kappa shape index (κ3) is 4.87. The van der Waals surface area contributed by atoms with Crippen molar-refractivity contribution in [3.8, 4) is 5.75 Å². The molecule has 0 aromatic heterocycles. The summed E-state index contributed by atoms with van der Waals surface area (Å²) in [5.41, 5.74) is 5.69. The minimum atomic E-state index is -0.803. The van der Waals surface area contributed by atoms with Gasteiger partial charge in [0.2, 0.25) is 0 Å². The number of phenolic OH excluding ortho intramolecular Hbond substituents is 1. The number of carbonyl (C=O) groups excluding carboxylic acids is 1. The number of carbonyl (C=O) groups is 1. The Morgan fingerprint density at radius 2 is 1.93 bits per heavy atom. The second-order valence-electron chi connectivity index (χ2n) is 2.89. The highest BCUT2D eigenvalue weighted by atomic mass is 16.6. The van der Waals surface area contributed by atoms with Crippen molar-refractivity contribution in [2.24, 2.45) is 5.73 Å². The van der Waals surface area contributed by atoms with E-state index in [-0.39, 0.29) is 12.4 Å². The Bertz CT molecular complexity index is 310. The SMILES string of the molecule is NC(=O)OCCOCc1ccc(O)cc1. The molecule has 0 heterocycles. The molecule has 0 fully saturated rings. The third-order valence-electron chi connectivity index (χ3n) is 1.68. The first kappa shape index (κ1) is 11.3. The van der Waals surface area contributed by atoms with Crippen LogP contribution in [0.4, 0.5) is 4.79 Å². The van der Waals surface area contributed by atoms with Crippen LogP contribution in [0.25, 0.3) is 0 Å². The zero-order valence-corrected chi connectivity index (χ0v) is 8.18. The number of nitrogens with two attached hydrogens (primary N) is 1. The minimum absolute atomic E-state index is 0.146. The normalized spacial score (nSPS) is 9.87. The molecule has 1 aromatic carbocycles. The lowest BCUT2D eigenvalue weighted by Gasteiger charge is -2.04. The van der Waals surface area contributed by atoms with Crippen LogP contribution in [0.3, 0.4) is 0 Å². The van der Waals surface area contributed by atoms with Gasteiger partial charge in [0, 0.05) is 0 Å². The van der Waals surface area contributed by atoms with Crippen molar-refractivity contribution in [1.29, 1.82) is 0 Å². The summed E-state index contributed by atoms with van der Waals surface area (Å²) in [4.78, 5) is 10.2. The molecule has 0 saturated heterocycles. The molecule has 15 heavy (non-hydrogen) atoms. The molecular weight excluding hydrogens is 198 g/mol. The summed E-state index contributed by atoms with van der Waals surface area (Å²) in [7, 11) is 0. The maximum Gasteiger partial charge on any atom is 0.404 e. The van der Waals surface area contributed by atoms with Crippen LogP contribution >= 0.6 is 0 Å². The lowest BCUT2D eigenvalue weighted by Crippen LogP contribution is -2.16. The van der Waals surface area contributed by atoms with Gasteiger partial charge >= 0.3 is 6.09 Å². The Labute approximate surface area is 87.4 Å². The lowest BCUT2D eigenvalue weighted by molar-refractivity contribution is 0.0681. The maximum atomic E-state index is 10.2. The molecule has 5 heteroatoms. The molecule has 0 unspecified atom stereocenters. The molecule has 0 aliphatic carbocycles. The van der Waals surface area contributed by atoms with Crippen molar-refractivity contribution in [3.63, 3.8) is 0 Å². The van der Waals surface area contributed by atoms with Crippen LogP contribution in [-0.4, -0.2) is 24.4 Å². The van der Waals surface area contributed by atoms with Crippen molar-refractivity contribution in [3.05, 3.63) is 29.8 Å². The highest BCUT2D eigenvalue weighted by molar-refractivity contribution is 5.64. The largest absolute Gasteiger partial charge is 0.508 e. The lowest BCUT2D eigenvalue weighted by atomic mass is 10.2. The summed E-state index contributed by atoms with van der Waals surface area (Å²) < 4.78 is 9.67. The van der Waals surface area contributed by atoms with Crippen LogP contribution in [0.5, 0.6) is 5.75 Å². The summed E-state index contributed by atoms with van der Waals surface area (Å²) >= 11 is 0. The molecule has 0 radical (unpaired) electrons. The van der Waals surface area contributed by atoms with Crippen LogP contribution in [0.2, 0.25) is 0 Å². The van der Waals surface area contributed by atoms with E-state index in [2.05, 4.69) is 4.74 Å². The van der Waals surface area contributed by atoms with Crippen molar-refractivity contribution in [1.82, 2.24) is 0 Å². The summed E-state index contributed by atoms with van der Waals surface area (Å²) in [5.74, 6) is 0.218. The quantitative estimate of drug-likeness (QED) is 0.712. The maximum absolute atomic E-state index is 10.2. The van der Waals surface area contributed by atoms with Gasteiger partial charge in [-0.2, -0.15) is 0 Å². The Balaban J connectivity index is 2.15. The number of phenols is 1. The van der Waals surface area contributed by atoms with E-state index >= 15 is 0 Å². The summed E-state index contributed by atoms with van der Waals surface area (Å²) in [6.07, 6.45) is -0.803. The molecule has 82 valence electrons. The average Bonchev–Trinajstić information content (AvgIpc) is 2.20. The Hall–Kier alpha value is -1.75. The summed E-state index contributed by atoms with van der Waals surface area (Å²) in [5, 5.41) is 9.02. The average molecular weight is 211 g/mol. The van der Waals surface area contributed by atoms with Gasteiger partial charge in [-0.1, -0.05) is 12.1 Å². The Morgan fingerprint density at radius 3 is 2.53 bits per heavy atom. The zero-order chi connectivity index (χ0) is 11.1. The summed E-state index contributed by atoms with van der Waals surface area (Å²) in [6.45, 7) is 0.847. The number of rotatable bonds is 5. The van der Waals surface area contributed by atoms with Crippen LogP contribution in [0, 0.1) is 0 Å². The first-order valence-corrected chi connectivity index (χ1v) is 4.46. The van der Waals surface area contributed by atoms with Gasteiger partial charge in [0.05, 0.1) is 13.2 Å². The topological polar surface area (TPSA) is 81.8 Å². The van der Waals surface area contributed by atoms with Crippen molar-refractivity contribution in [2.75, 3.05) is 13.2 Å². The second-order valence-corrected chi connectivity index (χ2v) is 2.89. The molecule has 0 bridgehead atoms.